The van der Waals surface area contributed by atoms with Crippen LogP contribution in [0.4, 0.5) is 0 Å². The van der Waals surface area contributed by atoms with E-state index in [2.05, 4.69) is 5.32 Å². The van der Waals surface area contributed by atoms with Gasteiger partial charge in [0.2, 0.25) is 5.91 Å². The first-order valence-corrected chi connectivity index (χ1v) is 6.40. The van der Waals surface area contributed by atoms with Crippen molar-refractivity contribution < 1.29 is 14.3 Å². The minimum atomic E-state index is -0.399. The lowest BCUT2D eigenvalue weighted by Gasteiger charge is -2.12. The van der Waals surface area contributed by atoms with Crippen molar-refractivity contribution in [2.75, 3.05) is 20.2 Å². The van der Waals surface area contributed by atoms with Crippen LogP contribution >= 0.6 is 0 Å². The Hall–Kier alpha value is -2.04. The van der Waals surface area contributed by atoms with Gasteiger partial charge in [-0.3, -0.25) is 9.59 Å². The van der Waals surface area contributed by atoms with Gasteiger partial charge in [-0.25, -0.2) is 0 Å². The standard InChI is InChI=1S/C14H18N2O3/c1-3-19-11-6-4-10(5-7-11)13(17)15-12-8-9-16(2)14(12)18/h4-7,12H,3,8-9H2,1-2H3,(H,15,17)/t12-/m0/s1. The Bertz CT molecular complexity index is 470. The summed E-state index contributed by atoms with van der Waals surface area (Å²) in [5.74, 6) is 0.478. The van der Waals surface area contributed by atoms with Crippen molar-refractivity contribution in [2.45, 2.75) is 19.4 Å². The summed E-state index contributed by atoms with van der Waals surface area (Å²) in [5.41, 5.74) is 0.533. The molecular formula is C14H18N2O3. The van der Waals surface area contributed by atoms with Crippen LogP contribution in [-0.2, 0) is 4.79 Å². The van der Waals surface area contributed by atoms with E-state index in [0.717, 1.165) is 5.75 Å². The zero-order valence-corrected chi connectivity index (χ0v) is 11.2. The predicted molar refractivity (Wildman–Crippen MR) is 71.1 cm³/mol. The van der Waals surface area contributed by atoms with Gasteiger partial charge in [-0.2, -0.15) is 0 Å². The molecule has 2 rings (SSSR count). The molecule has 102 valence electrons. The molecule has 5 heteroatoms. The highest BCUT2D eigenvalue weighted by molar-refractivity contribution is 5.98. The normalized spacial score (nSPS) is 18.5. The number of hydrogen-bond donors (Lipinski definition) is 1. The molecule has 1 aliphatic heterocycles. The van der Waals surface area contributed by atoms with Crippen molar-refractivity contribution in [3.05, 3.63) is 29.8 Å². The molecule has 1 atom stereocenters. The molecule has 0 aliphatic carbocycles. The van der Waals surface area contributed by atoms with E-state index in [1.807, 2.05) is 6.92 Å². The molecule has 0 unspecified atom stereocenters. The summed E-state index contributed by atoms with van der Waals surface area (Å²) in [4.78, 5) is 25.3. The van der Waals surface area contributed by atoms with Crippen LogP contribution in [0.2, 0.25) is 0 Å². The zero-order valence-electron chi connectivity index (χ0n) is 11.2. The van der Waals surface area contributed by atoms with Crippen molar-refractivity contribution in [1.29, 1.82) is 0 Å². The molecule has 1 aromatic carbocycles. The van der Waals surface area contributed by atoms with E-state index in [4.69, 9.17) is 4.74 Å². The Balaban J connectivity index is 1.98. The topological polar surface area (TPSA) is 58.6 Å². The first-order valence-electron chi connectivity index (χ1n) is 6.40. The van der Waals surface area contributed by atoms with Gasteiger partial charge in [-0.15, -0.1) is 0 Å². The van der Waals surface area contributed by atoms with Crippen LogP contribution in [-0.4, -0.2) is 43.0 Å². The average molecular weight is 262 g/mol. The minimum Gasteiger partial charge on any atom is -0.494 e. The number of hydrogen-bond acceptors (Lipinski definition) is 3. The van der Waals surface area contributed by atoms with Crippen LogP contribution in [0.1, 0.15) is 23.7 Å². The molecule has 19 heavy (non-hydrogen) atoms. The summed E-state index contributed by atoms with van der Waals surface area (Å²) in [6.07, 6.45) is 0.665. The number of rotatable bonds is 4. The second-order valence-electron chi connectivity index (χ2n) is 4.53. The van der Waals surface area contributed by atoms with Gasteiger partial charge in [0.15, 0.2) is 0 Å². The summed E-state index contributed by atoms with van der Waals surface area (Å²) in [6.45, 7) is 3.18. The lowest BCUT2D eigenvalue weighted by Crippen LogP contribution is -2.40. The second kappa shape index (κ2) is 5.73. The number of likely N-dealkylation sites (tertiary alicyclic amines) is 1. The van der Waals surface area contributed by atoms with Gasteiger partial charge in [0.1, 0.15) is 11.8 Å². The van der Waals surface area contributed by atoms with Crippen LogP contribution in [0.5, 0.6) is 5.75 Å². The lowest BCUT2D eigenvalue weighted by molar-refractivity contribution is -0.128. The van der Waals surface area contributed by atoms with Crippen molar-refractivity contribution in [1.82, 2.24) is 10.2 Å². The maximum Gasteiger partial charge on any atom is 0.251 e. The van der Waals surface area contributed by atoms with E-state index in [0.29, 0.717) is 25.1 Å². The minimum absolute atomic E-state index is 0.0284. The number of nitrogens with one attached hydrogen (secondary N) is 1. The maximum absolute atomic E-state index is 12.0. The number of benzene rings is 1. The van der Waals surface area contributed by atoms with E-state index in [1.54, 1.807) is 36.2 Å². The molecule has 1 fully saturated rings. The Morgan fingerprint density at radius 1 is 1.42 bits per heavy atom. The highest BCUT2D eigenvalue weighted by Crippen LogP contribution is 2.13. The van der Waals surface area contributed by atoms with Gasteiger partial charge in [0.25, 0.3) is 5.91 Å². The largest absolute Gasteiger partial charge is 0.494 e. The van der Waals surface area contributed by atoms with E-state index < -0.39 is 6.04 Å². The van der Waals surface area contributed by atoms with Crippen molar-refractivity contribution >= 4 is 11.8 Å². The number of ether oxygens (including phenoxy) is 1. The Labute approximate surface area is 112 Å². The van der Waals surface area contributed by atoms with Crippen molar-refractivity contribution in [3.8, 4) is 5.75 Å². The van der Waals surface area contributed by atoms with Gasteiger partial charge in [0, 0.05) is 19.2 Å². The van der Waals surface area contributed by atoms with Gasteiger partial charge in [0.05, 0.1) is 6.61 Å². The van der Waals surface area contributed by atoms with Crippen LogP contribution in [0.25, 0.3) is 0 Å². The molecule has 5 nitrogen and oxygen atoms in total. The van der Waals surface area contributed by atoms with Crippen LogP contribution in [0, 0.1) is 0 Å². The fourth-order valence-corrected chi connectivity index (χ4v) is 2.07. The number of nitrogens with zero attached hydrogens (tertiary/aromatic N) is 1. The van der Waals surface area contributed by atoms with Crippen LogP contribution in [0.15, 0.2) is 24.3 Å². The molecule has 1 aliphatic rings. The van der Waals surface area contributed by atoms with Crippen LogP contribution in [0.3, 0.4) is 0 Å². The summed E-state index contributed by atoms with van der Waals surface area (Å²) in [5, 5.41) is 2.76. The number of carbonyl (C=O) groups excluding carboxylic acids is 2. The quantitative estimate of drug-likeness (QED) is 0.882. The molecule has 0 aromatic heterocycles. The predicted octanol–water partition coefficient (Wildman–Crippen LogP) is 1.05. The second-order valence-corrected chi connectivity index (χ2v) is 4.53. The molecule has 1 N–H and O–H groups in total. The first kappa shape index (κ1) is 13.4. The summed E-state index contributed by atoms with van der Waals surface area (Å²) < 4.78 is 5.31. The van der Waals surface area contributed by atoms with Gasteiger partial charge >= 0.3 is 0 Å². The van der Waals surface area contributed by atoms with Crippen LogP contribution < -0.4 is 10.1 Å². The third-order valence-electron chi connectivity index (χ3n) is 3.16. The van der Waals surface area contributed by atoms with Gasteiger partial charge in [-0.1, -0.05) is 0 Å². The first-order chi connectivity index (χ1) is 9.11. The molecular weight excluding hydrogens is 244 g/mol. The lowest BCUT2D eigenvalue weighted by atomic mass is 10.1. The Kier molecular flexibility index (Phi) is 4.04. The van der Waals surface area contributed by atoms with Crippen molar-refractivity contribution in [3.63, 3.8) is 0 Å². The third-order valence-corrected chi connectivity index (χ3v) is 3.16. The SMILES string of the molecule is CCOc1ccc(C(=O)N[C@H]2CCN(C)C2=O)cc1. The third kappa shape index (κ3) is 3.05. The summed E-state index contributed by atoms with van der Waals surface area (Å²) >= 11 is 0. The summed E-state index contributed by atoms with van der Waals surface area (Å²) in [6, 6.07) is 6.50. The Morgan fingerprint density at radius 2 is 2.11 bits per heavy atom. The monoisotopic (exact) mass is 262 g/mol. The zero-order chi connectivity index (χ0) is 13.8. The number of amides is 2. The molecule has 0 saturated carbocycles. The molecule has 0 radical (unpaired) electrons. The number of likely N-dealkylation sites (N-methyl/N-ethyl adjacent to an activating group) is 1. The fraction of sp³-hybridized carbons (Fsp3) is 0.429. The average Bonchev–Trinajstić information content (AvgIpc) is 2.72. The Morgan fingerprint density at radius 3 is 2.63 bits per heavy atom. The van der Waals surface area contributed by atoms with E-state index >= 15 is 0 Å². The van der Waals surface area contributed by atoms with Gasteiger partial charge in [-0.05, 0) is 37.6 Å². The smallest absolute Gasteiger partial charge is 0.251 e. The van der Waals surface area contributed by atoms with E-state index in [-0.39, 0.29) is 11.8 Å². The molecule has 1 aromatic rings. The number of carbonyl (C=O) groups is 2. The van der Waals surface area contributed by atoms with E-state index in [9.17, 15) is 9.59 Å². The highest BCUT2D eigenvalue weighted by Gasteiger charge is 2.30. The molecule has 2 amide bonds. The molecule has 0 bridgehead atoms. The maximum atomic E-state index is 12.0. The molecule has 0 spiro atoms. The van der Waals surface area contributed by atoms with E-state index in [1.165, 1.54) is 0 Å². The molecule has 1 saturated heterocycles. The van der Waals surface area contributed by atoms with Crippen molar-refractivity contribution in [2.24, 2.45) is 0 Å². The molecule has 1 heterocycles. The summed E-state index contributed by atoms with van der Waals surface area (Å²) in [7, 11) is 1.74. The highest BCUT2D eigenvalue weighted by atomic mass is 16.5. The fourth-order valence-electron chi connectivity index (χ4n) is 2.07. The van der Waals surface area contributed by atoms with Gasteiger partial charge < -0.3 is 15.0 Å².